The fourth-order valence-corrected chi connectivity index (χ4v) is 1.77. The highest BCUT2D eigenvalue weighted by Crippen LogP contribution is 2.17. The SMILES string of the molecule is Cc1cc(C#CCO)ccc1NC(=O)c1ccncc1F. The van der Waals surface area contributed by atoms with E-state index in [1.165, 1.54) is 12.3 Å². The van der Waals surface area contributed by atoms with Crippen LogP contribution in [0.15, 0.2) is 36.7 Å². The van der Waals surface area contributed by atoms with Gasteiger partial charge < -0.3 is 10.4 Å². The predicted molar refractivity (Wildman–Crippen MR) is 77.3 cm³/mol. The molecule has 1 aromatic heterocycles. The van der Waals surface area contributed by atoms with E-state index in [0.717, 1.165) is 17.3 Å². The van der Waals surface area contributed by atoms with Crippen molar-refractivity contribution in [1.29, 1.82) is 0 Å². The summed E-state index contributed by atoms with van der Waals surface area (Å²) < 4.78 is 13.5. The number of pyridine rings is 1. The molecule has 1 heterocycles. The Labute approximate surface area is 121 Å². The van der Waals surface area contributed by atoms with Crippen LogP contribution in [0.1, 0.15) is 21.5 Å². The molecule has 0 spiro atoms. The van der Waals surface area contributed by atoms with Crippen LogP contribution in [0.2, 0.25) is 0 Å². The molecule has 1 aromatic carbocycles. The summed E-state index contributed by atoms with van der Waals surface area (Å²) in [5.74, 6) is 4.12. The summed E-state index contributed by atoms with van der Waals surface area (Å²) in [5, 5.41) is 11.3. The van der Waals surface area contributed by atoms with Crippen LogP contribution in [0, 0.1) is 24.6 Å². The Hall–Kier alpha value is -2.71. The molecule has 0 aliphatic rings. The predicted octanol–water partition coefficient (Wildman–Crippen LogP) is 2.13. The van der Waals surface area contributed by atoms with Crippen molar-refractivity contribution in [3.63, 3.8) is 0 Å². The van der Waals surface area contributed by atoms with Gasteiger partial charge in [0.25, 0.3) is 5.91 Å². The number of halogens is 1. The molecule has 0 saturated carbocycles. The van der Waals surface area contributed by atoms with Crippen LogP contribution in [0.5, 0.6) is 0 Å². The maximum Gasteiger partial charge on any atom is 0.258 e. The zero-order chi connectivity index (χ0) is 15.2. The zero-order valence-electron chi connectivity index (χ0n) is 11.4. The van der Waals surface area contributed by atoms with Crippen molar-refractivity contribution in [3.05, 3.63) is 59.2 Å². The van der Waals surface area contributed by atoms with Crippen molar-refractivity contribution in [3.8, 4) is 11.8 Å². The van der Waals surface area contributed by atoms with Crippen molar-refractivity contribution in [2.75, 3.05) is 11.9 Å². The highest BCUT2D eigenvalue weighted by Gasteiger charge is 2.12. The summed E-state index contributed by atoms with van der Waals surface area (Å²) in [6.45, 7) is 1.60. The first-order valence-corrected chi connectivity index (χ1v) is 6.23. The van der Waals surface area contributed by atoms with Crippen molar-refractivity contribution < 1.29 is 14.3 Å². The van der Waals surface area contributed by atoms with Gasteiger partial charge in [-0.1, -0.05) is 11.8 Å². The minimum atomic E-state index is -0.668. The molecule has 0 bridgehead atoms. The Morgan fingerprint density at radius 2 is 2.24 bits per heavy atom. The number of carbonyl (C=O) groups is 1. The number of rotatable bonds is 2. The van der Waals surface area contributed by atoms with Crippen LogP contribution in [-0.4, -0.2) is 22.6 Å². The lowest BCUT2D eigenvalue weighted by Crippen LogP contribution is -2.14. The number of aromatic nitrogens is 1. The Kier molecular flexibility index (Phi) is 4.64. The number of nitrogens with one attached hydrogen (secondary N) is 1. The number of aliphatic hydroxyl groups is 1. The third-order valence-corrected chi connectivity index (χ3v) is 2.80. The number of nitrogens with zero attached hydrogens (tertiary/aromatic N) is 1. The molecular weight excluding hydrogens is 271 g/mol. The van der Waals surface area contributed by atoms with Gasteiger partial charge in [-0.3, -0.25) is 9.78 Å². The van der Waals surface area contributed by atoms with E-state index in [9.17, 15) is 9.18 Å². The standard InChI is InChI=1S/C16H13FN2O2/c1-11-9-12(3-2-8-20)4-5-15(11)19-16(21)13-6-7-18-10-14(13)17/h4-7,9-10,20H,8H2,1H3,(H,19,21). The average Bonchev–Trinajstić information content (AvgIpc) is 2.48. The molecule has 2 N–H and O–H groups in total. The average molecular weight is 284 g/mol. The third kappa shape index (κ3) is 3.65. The molecule has 1 amide bonds. The van der Waals surface area contributed by atoms with Crippen LogP contribution in [-0.2, 0) is 0 Å². The number of hydrogen-bond acceptors (Lipinski definition) is 3. The van der Waals surface area contributed by atoms with E-state index < -0.39 is 11.7 Å². The minimum Gasteiger partial charge on any atom is -0.384 e. The van der Waals surface area contributed by atoms with Gasteiger partial charge >= 0.3 is 0 Å². The van der Waals surface area contributed by atoms with Gasteiger partial charge in [0.15, 0.2) is 5.82 Å². The fourth-order valence-electron chi connectivity index (χ4n) is 1.77. The third-order valence-electron chi connectivity index (χ3n) is 2.80. The first kappa shape index (κ1) is 14.7. The second-order valence-electron chi connectivity index (χ2n) is 4.30. The quantitative estimate of drug-likeness (QED) is 0.830. The molecule has 21 heavy (non-hydrogen) atoms. The highest BCUT2D eigenvalue weighted by molar-refractivity contribution is 6.04. The summed E-state index contributed by atoms with van der Waals surface area (Å²) in [6, 6.07) is 6.50. The van der Waals surface area contributed by atoms with Crippen molar-refractivity contribution >= 4 is 11.6 Å². The molecule has 2 rings (SSSR count). The molecule has 0 radical (unpaired) electrons. The monoisotopic (exact) mass is 284 g/mol. The number of aryl methyl sites for hydroxylation is 1. The second-order valence-corrected chi connectivity index (χ2v) is 4.30. The number of aliphatic hydroxyl groups excluding tert-OH is 1. The van der Waals surface area contributed by atoms with Gasteiger partial charge in [0, 0.05) is 17.4 Å². The molecule has 0 aliphatic heterocycles. The first-order chi connectivity index (χ1) is 10.1. The van der Waals surface area contributed by atoms with Crippen LogP contribution in [0.25, 0.3) is 0 Å². The molecule has 0 fully saturated rings. The fraction of sp³-hybridized carbons (Fsp3) is 0.125. The topological polar surface area (TPSA) is 62.2 Å². The molecule has 4 nitrogen and oxygen atoms in total. The molecule has 0 atom stereocenters. The van der Waals surface area contributed by atoms with Crippen molar-refractivity contribution in [1.82, 2.24) is 4.98 Å². The van der Waals surface area contributed by atoms with Gasteiger partial charge in [-0.15, -0.1) is 0 Å². The van der Waals surface area contributed by atoms with E-state index in [1.807, 2.05) is 6.92 Å². The van der Waals surface area contributed by atoms with Crippen molar-refractivity contribution in [2.45, 2.75) is 6.92 Å². The van der Waals surface area contributed by atoms with Crippen LogP contribution in [0.3, 0.4) is 0 Å². The van der Waals surface area contributed by atoms with E-state index in [1.54, 1.807) is 18.2 Å². The Morgan fingerprint density at radius 3 is 2.90 bits per heavy atom. The number of carbonyl (C=O) groups excluding carboxylic acids is 1. The maximum absolute atomic E-state index is 13.5. The molecule has 0 aliphatic carbocycles. The Balaban J connectivity index is 2.20. The smallest absolute Gasteiger partial charge is 0.258 e. The Morgan fingerprint density at radius 1 is 1.43 bits per heavy atom. The van der Waals surface area contributed by atoms with Gasteiger partial charge in [0.2, 0.25) is 0 Å². The lowest BCUT2D eigenvalue weighted by Gasteiger charge is -2.09. The second kappa shape index (κ2) is 6.64. The molecule has 5 heteroatoms. The summed E-state index contributed by atoms with van der Waals surface area (Å²) in [5.41, 5.74) is 2.04. The van der Waals surface area contributed by atoms with E-state index in [4.69, 9.17) is 5.11 Å². The summed E-state index contributed by atoms with van der Waals surface area (Å²) in [4.78, 5) is 15.6. The van der Waals surface area contributed by atoms with Crippen molar-refractivity contribution in [2.24, 2.45) is 0 Å². The van der Waals surface area contributed by atoms with Gasteiger partial charge in [-0.05, 0) is 36.8 Å². The lowest BCUT2D eigenvalue weighted by molar-refractivity contribution is 0.102. The number of hydrogen-bond donors (Lipinski definition) is 2. The van der Waals surface area contributed by atoms with E-state index in [0.29, 0.717) is 5.69 Å². The van der Waals surface area contributed by atoms with Crippen LogP contribution < -0.4 is 5.32 Å². The summed E-state index contributed by atoms with van der Waals surface area (Å²) in [7, 11) is 0. The number of anilines is 1. The normalized spacial score (nSPS) is 9.67. The van der Waals surface area contributed by atoms with Crippen LogP contribution in [0.4, 0.5) is 10.1 Å². The minimum absolute atomic E-state index is 0.0615. The van der Waals surface area contributed by atoms with Crippen LogP contribution >= 0.6 is 0 Å². The van der Waals surface area contributed by atoms with Gasteiger partial charge in [-0.2, -0.15) is 0 Å². The summed E-state index contributed by atoms with van der Waals surface area (Å²) in [6.07, 6.45) is 2.35. The number of benzene rings is 1. The van der Waals surface area contributed by atoms with E-state index >= 15 is 0 Å². The lowest BCUT2D eigenvalue weighted by atomic mass is 10.1. The molecule has 106 valence electrons. The van der Waals surface area contributed by atoms with Gasteiger partial charge in [0.1, 0.15) is 6.61 Å². The molecular formula is C16H13FN2O2. The largest absolute Gasteiger partial charge is 0.384 e. The van der Waals surface area contributed by atoms with E-state index in [2.05, 4.69) is 22.1 Å². The molecule has 2 aromatic rings. The summed E-state index contributed by atoms with van der Waals surface area (Å²) >= 11 is 0. The van der Waals surface area contributed by atoms with E-state index in [-0.39, 0.29) is 12.2 Å². The van der Waals surface area contributed by atoms with Gasteiger partial charge in [0.05, 0.1) is 11.8 Å². The molecule has 0 unspecified atom stereocenters. The molecule has 0 saturated heterocycles. The first-order valence-electron chi connectivity index (χ1n) is 6.23. The Bertz CT molecular complexity index is 733. The zero-order valence-corrected chi connectivity index (χ0v) is 11.4. The highest BCUT2D eigenvalue weighted by atomic mass is 19.1. The number of amides is 1. The van der Waals surface area contributed by atoms with Gasteiger partial charge in [-0.25, -0.2) is 4.39 Å². The maximum atomic E-state index is 13.5.